The van der Waals surface area contributed by atoms with Gasteiger partial charge in [-0.1, -0.05) is 36.5 Å². The number of aromatic nitrogens is 3. The lowest BCUT2D eigenvalue weighted by molar-refractivity contribution is -0.140. The van der Waals surface area contributed by atoms with Gasteiger partial charge in [0.05, 0.1) is 19.7 Å². The van der Waals surface area contributed by atoms with Gasteiger partial charge in [0.1, 0.15) is 34.9 Å². The molecule has 0 unspecified atom stereocenters. The fourth-order valence-corrected chi connectivity index (χ4v) is 8.06. The minimum Gasteiger partial charge on any atom is -0.503 e. The number of allylic oxidation sites excluding steroid dienone is 6. The Bertz CT molecular complexity index is 3740. The quantitative estimate of drug-likeness (QED) is 0.163. The summed E-state index contributed by atoms with van der Waals surface area (Å²) in [4.78, 5) is 122. The second-order valence-corrected chi connectivity index (χ2v) is 17.7. The van der Waals surface area contributed by atoms with Crippen molar-refractivity contribution in [2.75, 3.05) is 21.1 Å². The van der Waals surface area contributed by atoms with Crippen molar-refractivity contribution in [3.05, 3.63) is 185 Å². The summed E-state index contributed by atoms with van der Waals surface area (Å²) < 4.78 is 2.89. The standard InChI is InChI=1S/3C19H16N4O4/c3*1-10-12(16(24)22(4)18(26)14(10)9-20)7-6-8-13-11(2)15(21-3)19(27)23(5)17(13)25/h3*6-8,27H,1-2,4-5H3. The predicted octanol–water partition coefficient (Wildman–Crippen LogP) is 5.19. The zero-order chi connectivity index (χ0) is 61.4. The van der Waals surface area contributed by atoms with Crippen LogP contribution in [0, 0.1) is 74.5 Å². The van der Waals surface area contributed by atoms with Crippen LogP contribution in [-0.2, 0) is 49.9 Å². The largest absolute Gasteiger partial charge is 0.503 e. The number of amides is 6. The summed E-state index contributed by atoms with van der Waals surface area (Å²) in [5.74, 6) is -4.90. The first-order valence-corrected chi connectivity index (χ1v) is 23.4. The second-order valence-electron chi connectivity index (χ2n) is 17.7. The Labute approximate surface area is 462 Å². The Morgan fingerprint density at radius 2 is 0.605 bits per heavy atom. The molecule has 3 aliphatic heterocycles. The monoisotopic (exact) mass is 1090 g/mol. The number of pyridine rings is 3. The third-order valence-electron chi connectivity index (χ3n) is 13.2. The molecule has 0 aromatic carbocycles. The Hall–Kier alpha value is -11.7. The molecule has 0 spiro atoms. The number of hydrogen-bond donors (Lipinski definition) is 3. The first kappa shape index (κ1) is 61.8. The molecule has 3 N–H and O–H groups in total. The van der Waals surface area contributed by atoms with Crippen LogP contribution in [0.5, 0.6) is 17.6 Å². The average molecular weight is 1090 g/mol. The molecule has 0 bridgehead atoms. The molecule has 0 atom stereocenters. The summed E-state index contributed by atoms with van der Waals surface area (Å²) in [7, 11) is 7.90. The summed E-state index contributed by atoms with van der Waals surface area (Å²) in [5.41, 5.74) is 0.766. The highest BCUT2D eigenvalue weighted by Crippen LogP contribution is 2.34. The molecule has 0 saturated heterocycles. The van der Waals surface area contributed by atoms with Crippen molar-refractivity contribution in [1.29, 1.82) is 15.8 Å². The zero-order valence-electron chi connectivity index (χ0n) is 45.6. The fourth-order valence-electron chi connectivity index (χ4n) is 8.06. The second kappa shape index (κ2) is 25.0. The molecule has 6 heterocycles. The number of likely N-dealkylation sites (N-methyl/N-ethyl adjacent to an activating group) is 3. The molecule has 3 aromatic rings. The fraction of sp³-hybridized carbons (Fsp3) is 0.211. The molecular weight excluding hydrogens is 1040 g/mol. The SMILES string of the molecule is [C-]#[N+]c1c(C)c(C=CC=C2C(=O)N(C)C(=O)C(C#N)=C2C)c(=O)n(C)c1O.[C-]#[N+]c1c(C)c(C=CC=C2C(=O)N(C)C(=O)C(C#N)=C2C)c(=O)n(C)c1O.[C-]#[N+]c1c(C)c(C=CC=C2C(=O)N(C)C(=O)C(C#N)=C2C)c(=O)n(C)c1O. The average Bonchev–Trinajstić information content (AvgIpc) is 3.52. The molecule has 0 radical (unpaired) electrons. The van der Waals surface area contributed by atoms with E-state index in [4.69, 9.17) is 35.5 Å². The third kappa shape index (κ3) is 11.4. The van der Waals surface area contributed by atoms with Crippen LogP contribution in [-0.4, -0.2) is 100 Å². The van der Waals surface area contributed by atoms with Crippen LogP contribution in [0.1, 0.15) is 54.2 Å². The molecule has 6 rings (SSSR count). The van der Waals surface area contributed by atoms with Crippen molar-refractivity contribution in [3.63, 3.8) is 0 Å². The Morgan fingerprint density at radius 1 is 0.395 bits per heavy atom. The summed E-state index contributed by atoms with van der Waals surface area (Å²) >= 11 is 0. The van der Waals surface area contributed by atoms with Gasteiger partial charge in [-0.15, -0.1) is 0 Å². The molecule has 24 heteroatoms. The maximum absolute atomic E-state index is 12.3. The number of nitriles is 3. The Balaban J connectivity index is 0.000000261. The Morgan fingerprint density at radius 3 is 0.790 bits per heavy atom. The molecule has 6 amide bonds. The maximum atomic E-state index is 12.3. The van der Waals surface area contributed by atoms with E-state index in [9.17, 15) is 58.5 Å². The maximum Gasteiger partial charge on any atom is 0.271 e. The van der Waals surface area contributed by atoms with E-state index in [-0.39, 0.29) is 83.9 Å². The minimum atomic E-state index is -0.661. The summed E-state index contributed by atoms with van der Waals surface area (Å²) in [5, 5.41) is 57.1. The van der Waals surface area contributed by atoms with Crippen LogP contribution >= 0.6 is 0 Å². The predicted molar refractivity (Wildman–Crippen MR) is 293 cm³/mol. The van der Waals surface area contributed by atoms with Crippen molar-refractivity contribution in [2.45, 2.75) is 41.5 Å². The number of aromatic hydroxyl groups is 3. The number of hydrogen-bond acceptors (Lipinski definition) is 15. The van der Waals surface area contributed by atoms with Crippen LogP contribution in [0.4, 0.5) is 17.1 Å². The summed E-state index contributed by atoms with van der Waals surface area (Å²) in [6.45, 7) is 30.6. The van der Waals surface area contributed by atoms with E-state index in [0.717, 1.165) is 28.4 Å². The number of nitrogens with zero attached hydrogens (tertiary/aromatic N) is 12. The molecule has 81 heavy (non-hydrogen) atoms. The molecular formula is C57H48N12O12. The van der Waals surface area contributed by atoms with Crippen LogP contribution in [0.3, 0.4) is 0 Å². The normalized spacial score (nSPS) is 16.2. The van der Waals surface area contributed by atoms with Gasteiger partial charge in [-0.25, -0.2) is 14.5 Å². The van der Waals surface area contributed by atoms with Gasteiger partial charge in [0, 0.05) is 75.7 Å². The van der Waals surface area contributed by atoms with Gasteiger partial charge < -0.3 is 15.3 Å². The van der Waals surface area contributed by atoms with Crippen LogP contribution < -0.4 is 16.7 Å². The van der Waals surface area contributed by atoms with E-state index in [2.05, 4.69) is 14.5 Å². The number of rotatable bonds is 6. The topological polar surface area (TPSA) is 323 Å². The minimum absolute atomic E-state index is 0.0358. The third-order valence-corrected chi connectivity index (χ3v) is 13.2. The van der Waals surface area contributed by atoms with E-state index in [1.54, 1.807) is 39.0 Å². The number of carbonyl (C=O) groups is 6. The lowest BCUT2D eigenvalue weighted by atomic mass is 9.95. The van der Waals surface area contributed by atoms with E-state index >= 15 is 0 Å². The van der Waals surface area contributed by atoms with Gasteiger partial charge in [0.15, 0.2) is 17.6 Å². The first-order chi connectivity index (χ1) is 38.0. The number of carbonyl (C=O) groups excluding carboxylic acids is 6. The van der Waals surface area contributed by atoms with Crippen molar-refractivity contribution in [2.24, 2.45) is 21.1 Å². The van der Waals surface area contributed by atoms with Crippen LogP contribution in [0.15, 0.2) is 101 Å². The van der Waals surface area contributed by atoms with Crippen molar-refractivity contribution >= 4 is 70.7 Å². The zero-order valence-corrected chi connectivity index (χ0v) is 45.6. The van der Waals surface area contributed by atoms with Gasteiger partial charge >= 0.3 is 0 Å². The Kier molecular flexibility index (Phi) is 19.0. The van der Waals surface area contributed by atoms with E-state index in [0.29, 0.717) is 16.7 Å². The highest BCUT2D eigenvalue weighted by atomic mass is 16.3. The van der Waals surface area contributed by atoms with Gasteiger partial charge in [-0.2, -0.15) is 15.8 Å². The molecule has 0 fully saturated rings. The van der Waals surface area contributed by atoms with Crippen LogP contribution in [0.25, 0.3) is 32.8 Å². The van der Waals surface area contributed by atoms with E-state index in [1.807, 2.05) is 0 Å². The first-order valence-electron chi connectivity index (χ1n) is 23.4. The smallest absolute Gasteiger partial charge is 0.271 e. The summed E-state index contributed by atoms with van der Waals surface area (Å²) in [6, 6.07) is 5.39. The van der Waals surface area contributed by atoms with Gasteiger partial charge in [-0.05, 0) is 93.2 Å². The highest BCUT2D eigenvalue weighted by Gasteiger charge is 2.35. The molecule has 0 aliphatic carbocycles. The molecule has 0 saturated carbocycles. The van der Waals surface area contributed by atoms with E-state index in [1.165, 1.54) is 118 Å². The highest BCUT2D eigenvalue weighted by molar-refractivity contribution is 6.19. The van der Waals surface area contributed by atoms with Gasteiger partial charge in [0.2, 0.25) is 17.1 Å². The van der Waals surface area contributed by atoms with E-state index < -0.39 is 69.8 Å². The molecule has 24 nitrogen and oxygen atoms in total. The van der Waals surface area contributed by atoms with Gasteiger partial charge in [-0.3, -0.25) is 71.6 Å². The summed E-state index contributed by atoms with van der Waals surface area (Å²) in [6.07, 6.45) is 12.8. The molecule has 3 aliphatic rings. The lowest BCUT2D eigenvalue weighted by Gasteiger charge is -2.23. The van der Waals surface area contributed by atoms with Crippen molar-refractivity contribution in [3.8, 4) is 35.8 Å². The number of imide groups is 3. The van der Waals surface area contributed by atoms with Gasteiger partial charge in [0.25, 0.3) is 52.1 Å². The van der Waals surface area contributed by atoms with Crippen molar-refractivity contribution in [1.82, 2.24) is 28.4 Å². The van der Waals surface area contributed by atoms with Crippen molar-refractivity contribution < 1.29 is 44.1 Å². The lowest BCUT2D eigenvalue weighted by Crippen LogP contribution is -2.39. The molecule has 408 valence electrons. The molecule has 3 aromatic heterocycles. The van der Waals surface area contributed by atoms with Crippen LogP contribution in [0.2, 0.25) is 0 Å².